The number of aromatic nitrogens is 3. The van der Waals surface area contributed by atoms with E-state index in [9.17, 15) is 18.8 Å². The number of anilines is 2. The summed E-state index contributed by atoms with van der Waals surface area (Å²) in [6, 6.07) is 24.6. The lowest BCUT2D eigenvalue weighted by Crippen LogP contribution is -2.56. The molecule has 19 nitrogen and oxygen atoms in total. The lowest BCUT2D eigenvalue weighted by molar-refractivity contribution is -0.135. The first kappa shape index (κ1) is 58.4. The number of pyridine rings is 1. The maximum absolute atomic E-state index is 15.1. The summed E-state index contributed by atoms with van der Waals surface area (Å²) in [7, 11) is 5.02. The molecule has 0 radical (unpaired) electrons. The number of nitrogens with two attached hydrogens (primary N) is 1. The van der Waals surface area contributed by atoms with Gasteiger partial charge in [0.05, 0.1) is 88.2 Å². The van der Waals surface area contributed by atoms with Gasteiger partial charge in [0.25, 0.3) is 5.91 Å². The van der Waals surface area contributed by atoms with Gasteiger partial charge in [0.2, 0.25) is 11.8 Å². The van der Waals surface area contributed by atoms with Gasteiger partial charge in [0.15, 0.2) is 0 Å². The van der Waals surface area contributed by atoms with Gasteiger partial charge in [-0.25, -0.2) is 14.2 Å². The zero-order valence-electron chi connectivity index (χ0n) is 47.2. The second kappa shape index (κ2) is 25.8. The van der Waals surface area contributed by atoms with Crippen LogP contribution >= 0.6 is 23.2 Å². The molecule has 4 aliphatic rings. The summed E-state index contributed by atoms with van der Waals surface area (Å²) in [6.45, 7) is 7.08. The number of nitrogen functional groups attached to an aromatic ring is 1. The fraction of sp³-hybridized carbons (Fsp3) is 0.393. The molecule has 2 bridgehead atoms. The summed E-state index contributed by atoms with van der Waals surface area (Å²) in [5, 5.41) is 5.99. The second-order valence-electron chi connectivity index (χ2n) is 21.3. The molecule has 5 amide bonds. The van der Waals surface area contributed by atoms with Gasteiger partial charge in [-0.1, -0.05) is 47.5 Å². The first-order chi connectivity index (χ1) is 40.0. The van der Waals surface area contributed by atoms with E-state index in [1.807, 2.05) is 56.4 Å². The second-order valence-corrected chi connectivity index (χ2v) is 22.2. The first-order valence-electron chi connectivity index (χ1n) is 27.9. The molecule has 2 N–H and O–H groups in total. The Labute approximate surface area is 492 Å². The molecule has 2 aromatic heterocycles. The molecule has 436 valence electrons. The molecule has 2 saturated heterocycles. The van der Waals surface area contributed by atoms with Crippen molar-refractivity contribution in [2.75, 3.05) is 97.5 Å². The number of halogens is 3. The number of carbonyl (C=O) groups is 4. The summed E-state index contributed by atoms with van der Waals surface area (Å²) in [4.78, 5) is 76.3. The van der Waals surface area contributed by atoms with Crippen LogP contribution in [0.2, 0.25) is 10.0 Å². The monoisotopic (exact) mass is 1170 g/mol. The van der Waals surface area contributed by atoms with Crippen LogP contribution in [0.25, 0.3) is 11.1 Å². The Hall–Kier alpha value is -7.78. The minimum absolute atomic E-state index is 0.109. The van der Waals surface area contributed by atoms with E-state index >= 15 is 4.79 Å². The normalized spacial score (nSPS) is 17.9. The largest absolute Gasteiger partial charge is 0.497 e. The molecule has 3 atom stereocenters. The number of likely N-dealkylation sites (N-methyl/N-ethyl adjacent to an activating group) is 1. The number of aliphatic imine (C=N–C) groups is 1. The Kier molecular flexibility index (Phi) is 18.1. The number of carbonyl (C=O) groups excluding carboxylic acids is 4. The van der Waals surface area contributed by atoms with Crippen LogP contribution in [0.15, 0.2) is 108 Å². The Morgan fingerprint density at radius 1 is 0.843 bits per heavy atom. The predicted octanol–water partition coefficient (Wildman–Crippen LogP) is 9.09. The number of hydrogen-bond donors (Lipinski definition) is 1. The number of piperazine rings is 1. The van der Waals surface area contributed by atoms with Crippen molar-refractivity contribution >= 4 is 64.3 Å². The van der Waals surface area contributed by atoms with E-state index < -0.39 is 23.9 Å². The molecule has 6 heterocycles. The van der Waals surface area contributed by atoms with Crippen LogP contribution in [0.3, 0.4) is 0 Å². The third-order valence-electron chi connectivity index (χ3n) is 15.5. The zero-order chi connectivity index (χ0) is 58.5. The number of fused-ring (bicyclic) bond motifs is 8. The molecular formula is C61H68Cl2FN11O8. The van der Waals surface area contributed by atoms with E-state index in [2.05, 4.69) is 9.88 Å². The van der Waals surface area contributed by atoms with Crippen molar-refractivity contribution in [2.24, 2.45) is 4.99 Å². The third-order valence-corrected chi connectivity index (χ3v) is 16.0. The summed E-state index contributed by atoms with van der Waals surface area (Å²) in [6.07, 6.45) is 5.12. The number of amidine groups is 1. The van der Waals surface area contributed by atoms with Crippen LogP contribution in [0.4, 0.5) is 20.7 Å². The number of methoxy groups -OCH3 is 1. The van der Waals surface area contributed by atoms with Crippen molar-refractivity contribution in [1.29, 1.82) is 0 Å². The Morgan fingerprint density at radius 2 is 1.57 bits per heavy atom. The van der Waals surface area contributed by atoms with E-state index in [1.54, 1.807) is 99.0 Å². The number of urea groups is 1. The Bertz CT molecular complexity index is 3380. The van der Waals surface area contributed by atoms with Crippen LogP contribution in [-0.4, -0.2) is 162 Å². The maximum atomic E-state index is 15.1. The minimum atomic E-state index is -0.630. The average molecular weight is 1170 g/mol. The minimum Gasteiger partial charge on any atom is -0.497 e. The topological polar surface area (TPSA) is 194 Å². The quantitative estimate of drug-likeness (QED) is 0.0804. The highest BCUT2D eigenvalue weighted by Gasteiger charge is 2.46. The van der Waals surface area contributed by atoms with Crippen molar-refractivity contribution in [3.63, 3.8) is 0 Å². The average Bonchev–Trinajstić information content (AvgIpc) is 3.08. The molecule has 0 saturated carbocycles. The highest BCUT2D eigenvalue weighted by Crippen LogP contribution is 2.47. The molecular weight excluding hydrogens is 1100 g/mol. The van der Waals surface area contributed by atoms with Gasteiger partial charge in [-0.3, -0.25) is 29.0 Å². The van der Waals surface area contributed by atoms with Crippen molar-refractivity contribution < 1.29 is 42.5 Å². The predicted molar refractivity (Wildman–Crippen MR) is 314 cm³/mol. The van der Waals surface area contributed by atoms with Crippen molar-refractivity contribution in [3.05, 3.63) is 153 Å². The lowest BCUT2D eigenvalue weighted by atomic mass is 9.93. The SMILES string of the molecule is COc1ccc(C2=N[C@@H](c3ccc(Cl)cc3)[C@@H](c3ccc(Cl)cc3)N2C(=O)N2CCN(CCOCCOCCC(=O)N(C)CCn3cc4c(n3)CN(C)C(=O)c3ccc(F)cc3[C@H]3CCCN3c3cc-4cnc3N)C(=O)C2)c(OC(C)C)c1. The summed E-state index contributed by atoms with van der Waals surface area (Å²) >= 11 is 12.7. The molecule has 4 aromatic carbocycles. The van der Waals surface area contributed by atoms with Gasteiger partial charge in [0, 0.05) is 92.0 Å². The van der Waals surface area contributed by atoms with Crippen LogP contribution in [-0.2, 0) is 32.2 Å². The first-order valence-corrected chi connectivity index (χ1v) is 28.6. The van der Waals surface area contributed by atoms with E-state index in [0.717, 1.165) is 35.1 Å². The number of hydrogen-bond acceptors (Lipinski definition) is 13. The standard InChI is InChI=1S/C61H68Cl2FN11O8/c1-38(2)83-53-33-45(80-5)17-19-47(53)59-67-56(39-8-12-42(62)13-9-39)57(40-10-14-43(63)15-11-40)75(59)61(79)72-24-23-71(55(77)37-72)26-28-82-30-29-81-27-20-54(76)69(3)22-25-73-35-49-41-31-52(58(65)66-34-41)74-21-6-7-51(74)48-32-44(64)16-18-46(48)60(78)70(4)36-50(49)68-73/h8-19,31-35,38,51,56-57H,6-7,20-30,36-37H2,1-5H3,(H2,65,66)/t51-,56+,57-/m1/s1. The molecule has 10 rings (SSSR count). The molecule has 0 spiro atoms. The number of ether oxygens (including phenoxy) is 4. The third kappa shape index (κ3) is 13.1. The highest BCUT2D eigenvalue weighted by molar-refractivity contribution is 6.30. The number of benzene rings is 4. The molecule has 2 fully saturated rings. The van der Waals surface area contributed by atoms with Crippen LogP contribution < -0.4 is 20.1 Å². The van der Waals surface area contributed by atoms with Crippen LogP contribution in [0.1, 0.15) is 89.5 Å². The zero-order valence-corrected chi connectivity index (χ0v) is 48.7. The number of amides is 5. The fourth-order valence-electron chi connectivity index (χ4n) is 11.2. The van der Waals surface area contributed by atoms with E-state index in [-0.39, 0.29) is 88.9 Å². The molecule has 22 heteroatoms. The smallest absolute Gasteiger partial charge is 0.326 e. The van der Waals surface area contributed by atoms with Crippen LogP contribution in [0, 0.1) is 5.82 Å². The van der Waals surface area contributed by atoms with Gasteiger partial charge in [-0.2, -0.15) is 5.10 Å². The van der Waals surface area contributed by atoms with Gasteiger partial charge in [-0.05, 0) is 104 Å². The van der Waals surface area contributed by atoms with E-state index in [0.29, 0.717) is 87.4 Å². The molecule has 83 heavy (non-hydrogen) atoms. The molecule has 6 aromatic rings. The molecule has 0 unspecified atom stereocenters. The van der Waals surface area contributed by atoms with E-state index in [4.69, 9.17) is 58.0 Å². The number of nitrogens with zero attached hydrogens (tertiary/aromatic N) is 10. The summed E-state index contributed by atoms with van der Waals surface area (Å²) in [5.41, 5.74) is 12.7. The lowest BCUT2D eigenvalue weighted by Gasteiger charge is -2.38. The molecule has 4 aliphatic heterocycles. The van der Waals surface area contributed by atoms with Gasteiger partial charge in [-0.15, -0.1) is 0 Å². The van der Waals surface area contributed by atoms with Crippen molar-refractivity contribution in [3.8, 4) is 22.6 Å². The van der Waals surface area contributed by atoms with Crippen molar-refractivity contribution in [2.45, 2.75) is 70.4 Å². The van der Waals surface area contributed by atoms with Crippen molar-refractivity contribution in [1.82, 2.24) is 39.3 Å². The highest BCUT2D eigenvalue weighted by atomic mass is 35.5. The Morgan fingerprint density at radius 3 is 2.29 bits per heavy atom. The van der Waals surface area contributed by atoms with Crippen LogP contribution in [0.5, 0.6) is 11.5 Å². The molecule has 0 aliphatic carbocycles. The Balaban J connectivity index is 0.708. The summed E-state index contributed by atoms with van der Waals surface area (Å²) < 4.78 is 40.0. The van der Waals surface area contributed by atoms with Gasteiger partial charge >= 0.3 is 6.03 Å². The van der Waals surface area contributed by atoms with E-state index in [1.165, 1.54) is 12.1 Å². The van der Waals surface area contributed by atoms with Gasteiger partial charge in [0.1, 0.15) is 41.6 Å². The van der Waals surface area contributed by atoms with Gasteiger partial charge < -0.3 is 49.2 Å². The fourth-order valence-corrected chi connectivity index (χ4v) is 11.4. The number of rotatable bonds is 18. The maximum Gasteiger partial charge on any atom is 0.326 e. The summed E-state index contributed by atoms with van der Waals surface area (Å²) in [5.74, 6) is 0.810.